The summed E-state index contributed by atoms with van der Waals surface area (Å²) < 4.78 is 0. The van der Waals surface area contributed by atoms with E-state index in [1.807, 2.05) is 0 Å². The molecule has 2 heterocycles. The first-order valence-corrected chi connectivity index (χ1v) is 7.08. The van der Waals surface area contributed by atoms with Crippen molar-refractivity contribution < 1.29 is 9.59 Å². The standard InChI is InChI=1S/C13H12ClN3O2S/c1-8(16-13(19)11-3-2-6-20-11)12(18)17-10-4-5-15-7-9(10)14/h2-8H,1H3,(H,16,19)(H,15,17,18). The zero-order valence-electron chi connectivity index (χ0n) is 10.6. The second kappa shape index (κ2) is 6.49. The van der Waals surface area contributed by atoms with Gasteiger partial charge in [-0.25, -0.2) is 0 Å². The lowest BCUT2D eigenvalue weighted by atomic mass is 10.3. The lowest BCUT2D eigenvalue weighted by Crippen LogP contribution is -2.41. The van der Waals surface area contributed by atoms with Gasteiger partial charge in [0.1, 0.15) is 6.04 Å². The fourth-order valence-electron chi connectivity index (χ4n) is 1.46. The number of anilines is 1. The van der Waals surface area contributed by atoms with Gasteiger partial charge >= 0.3 is 0 Å². The minimum absolute atomic E-state index is 0.275. The minimum atomic E-state index is -0.672. The summed E-state index contributed by atoms with van der Waals surface area (Å²) >= 11 is 7.22. The van der Waals surface area contributed by atoms with E-state index in [1.165, 1.54) is 23.7 Å². The Morgan fingerprint density at radius 3 is 2.85 bits per heavy atom. The highest BCUT2D eigenvalue weighted by molar-refractivity contribution is 7.12. The lowest BCUT2D eigenvalue weighted by molar-refractivity contribution is -0.117. The van der Waals surface area contributed by atoms with Crippen LogP contribution in [0, 0.1) is 0 Å². The molecular formula is C13H12ClN3O2S. The van der Waals surface area contributed by atoms with Gasteiger partial charge in [0, 0.05) is 12.4 Å². The molecule has 0 radical (unpaired) electrons. The molecule has 2 amide bonds. The predicted octanol–water partition coefficient (Wildman–Crippen LogP) is 2.55. The zero-order valence-corrected chi connectivity index (χ0v) is 12.2. The molecule has 20 heavy (non-hydrogen) atoms. The van der Waals surface area contributed by atoms with Gasteiger partial charge < -0.3 is 10.6 Å². The van der Waals surface area contributed by atoms with Gasteiger partial charge in [0.2, 0.25) is 5.91 Å². The SMILES string of the molecule is CC(NC(=O)c1cccs1)C(=O)Nc1ccncc1Cl. The van der Waals surface area contributed by atoms with Crippen molar-refractivity contribution >= 4 is 40.4 Å². The highest BCUT2D eigenvalue weighted by Crippen LogP contribution is 2.19. The molecule has 2 aromatic rings. The number of pyridine rings is 1. The molecule has 2 rings (SSSR count). The Hall–Kier alpha value is -1.92. The van der Waals surface area contributed by atoms with Crippen LogP contribution in [0.1, 0.15) is 16.6 Å². The first-order chi connectivity index (χ1) is 9.58. The molecule has 0 fully saturated rings. The number of nitrogens with one attached hydrogen (secondary N) is 2. The Bertz CT molecular complexity index is 616. The van der Waals surface area contributed by atoms with E-state index in [2.05, 4.69) is 15.6 Å². The highest BCUT2D eigenvalue weighted by Gasteiger charge is 2.17. The zero-order chi connectivity index (χ0) is 14.5. The molecule has 104 valence electrons. The normalized spacial score (nSPS) is 11.7. The molecule has 2 aromatic heterocycles. The number of thiophene rings is 1. The van der Waals surface area contributed by atoms with Gasteiger partial charge in [0.15, 0.2) is 0 Å². The Morgan fingerprint density at radius 1 is 1.40 bits per heavy atom. The van der Waals surface area contributed by atoms with E-state index in [0.29, 0.717) is 15.6 Å². The summed E-state index contributed by atoms with van der Waals surface area (Å²) in [6.07, 6.45) is 2.96. The maximum absolute atomic E-state index is 12.0. The number of hydrogen-bond donors (Lipinski definition) is 2. The van der Waals surface area contributed by atoms with Crippen LogP contribution in [0.3, 0.4) is 0 Å². The van der Waals surface area contributed by atoms with Gasteiger partial charge in [-0.1, -0.05) is 17.7 Å². The number of nitrogens with zero attached hydrogens (tertiary/aromatic N) is 1. The van der Waals surface area contributed by atoms with E-state index < -0.39 is 6.04 Å². The van der Waals surface area contributed by atoms with Crippen molar-refractivity contribution in [2.24, 2.45) is 0 Å². The van der Waals surface area contributed by atoms with Crippen molar-refractivity contribution in [1.29, 1.82) is 0 Å². The van der Waals surface area contributed by atoms with Crippen LogP contribution >= 0.6 is 22.9 Å². The monoisotopic (exact) mass is 309 g/mol. The second-order valence-corrected chi connectivity index (χ2v) is 5.37. The molecule has 1 atom stereocenters. The smallest absolute Gasteiger partial charge is 0.261 e. The highest BCUT2D eigenvalue weighted by atomic mass is 35.5. The third-order valence-electron chi connectivity index (χ3n) is 2.52. The minimum Gasteiger partial charge on any atom is -0.340 e. The van der Waals surface area contributed by atoms with E-state index in [9.17, 15) is 9.59 Å². The summed E-state index contributed by atoms with van der Waals surface area (Å²) in [5, 5.41) is 7.41. The molecular weight excluding hydrogens is 298 g/mol. The van der Waals surface area contributed by atoms with Crippen molar-refractivity contribution in [3.63, 3.8) is 0 Å². The average Bonchev–Trinajstić information content (AvgIpc) is 2.95. The molecule has 0 aliphatic rings. The Balaban J connectivity index is 1.96. The summed E-state index contributed by atoms with van der Waals surface area (Å²) in [6, 6.07) is 4.40. The molecule has 0 aliphatic heterocycles. The molecule has 0 bridgehead atoms. The molecule has 0 aromatic carbocycles. The van der Waals surface area contributed by atoms with Crippen molar-refractivity contribution in [2.75, 3.05) is 5.32 Å². The molecule has 1 unspecified atom stereocenters. The van der Waals surface area contributed by atoms with E-state index in [0.717, 1.165) is 0 Å². The van der Waals surface area contributed by atoms with Gasteiger partial charge in [-0.05, 0) is 24.4 Å². The molecule has 0 saturated heterocycles. The topological polar surface area (TPSA) is 71.1 Å². The Morgan fingerprint density at radius 2 is 2.20 bits per heavy atom. The van der Waals surface area contributed by atoms with Crippen LogP contribution in [0.4, 0.5) is 5.69 Å². The van der Waals surface area contributed by atoms with Crippen LogP contribution < -0.4 is 10.6 Å². The summed E-state index contributed by atoms with van der Waals surface area (Å²) in [7, 11) is 0. The van der Waals surface area contributed by atoms with Gasteiger partial charge in [0.25, 0.3) is 5.91 Å². The number of carbonyl (C=O) groups excluding carboxylic acids is 2. The van der Waals surface area contributed by atoms with E-state index in [1.54, 1.807) is 30.5 Å². The van der Waals surface area contributed by atoms with Gasteiger partial charge in [-0.3, -0.25) is 14.6 Å². The largest absolute Gasteiger partial charge is 0.340 e. The second-order valence-electron chi connectivity index (χ2n) is 4.02. The summed E-state index contributed by atoms with van der Waals surface area (Å²) in [4.78, 5) is 28.2. The van der Waals surface area contributed by atoms with Crippen LogP contribution in [0.2, 0.25) is 5.02 Å². The Labute approximate surface area is 125 Å². The van der Waals surface area contributed by atoms with Gasteiger partial charge in [-0.2, -0.15) is 0 Å². The fourth-order valence-corrected chi connectivity index (χ4v) is 2.25. The lowest BCUT2D eigenvalue weighted by Gasteiger charge is -2.14. The third kappa shape index (κ3) is 3.55. The van der Waals surface area contributed by atoms with Crippen molar-refractivity contribution in [2.45, 2.75) is 13.0 Å². The summed E-state index contributed by atoms with van der Waals surface area (Å²) in [5.41, 5.74) is 0.462. The van der Waals surface area contributed by atoms with Crippen LogP contribution in [-0.2, 0) is 4.79 Å². The van der Waals surface area contributed by atoms with E-state index in [4.69, 9.17) is 11.6 Å². The van der Waals surface area contributed by atoms with Crippen LogP contribution in [-0.4, -0.2) is 22.8 Å². The first-order valence-electron chi connectivity index (χ1n) is 5.82. The van der Waals surface area contributed by atoms with Crippen LogP contribution in [0.25, 0.3) is 0 Å². The van der Waals surface area contributed by atoms with Crippen LogP contribution in [0.5, 0.6) is 0 Å². The van der Waals surface area contributed by atoms with E-state index in [-0.39, 0.29) is 11.8 Å². The van der Waals surface area contributed by atoms with Crippen molar-refractivity contribution in [3.8, 4) is 0 Å². The number of amides is 2. The summed E-state index contributed by atoms with van der Waals surface area (Å²) in [5.74, 6) is -0.619. The number of carbonyl (C=O) groups is 2. The molecule has 0 aliphatic carbocycles. The summed E-state index contributed by atoms with van der Waals surface area (Å²) in [6.45, 7) is 1.61. The average molecular weight is 310 g/mol. The number of halogens is 1. The molecule has 5 nitrogen and oxygen atoms in total. The maximum Gasteiger partial charge on any atom is 0.261 e. The third-order valence-corrected chi connectivity index (χ3v) is 3.69. The fraction of sp³-hybridized carbons (Fsp3) is 0.154. The quantitative estimate of drug-likeness (QED) is 0.911. The van der Waals surface area contributed by atoms with Crippen molar-refractivity contribution in [3.05, 3.63) is 45.9 Å². The molecule has 2 N–H and O–H groups in total. The predicted molar refractivity (Wildman–Crippen MR) is 79.1 cm³/mol. The van der Waals surface area contributed by atoms with E-state index >= 15 is 0 Å². The number of rotatable bonds is 4. The van der Waals surface area contributed by atoms with Crippen LogP contribution in [0.15, 0.2) is 36.0 Å². The molecule has 0 spiro atoms. The van der Waals surface area contributed by atoms with Gasteiger partial charge in [0.05, 0.1) is 15.6 Å². The molecule has 0 saturated carbocycles. The van der Waals surface area contributed by atoms with Gasteiger partial charge in [-0.15, -0.1) is 11.3 Å². The molecule has 7 heteroatoms. The number of aromatic nitrogens is 1. The first kappa shape index (κ1) is 14.5. The Kier molecular flexibility index (Phi) is 4.70. The van der Waals surface area contributed by atoms with Crippen molar-refractivity contribution in [1.82, 2.24) is 10.3 Å². The maximum atomic E-state index is 12.0. The number of hydrogen-bond acceptors (Lipinski definition) is 4.